The summed E-state index contributed by atoms with van der Waals surface area (Å²) in [6.07, 6.45) is 6.98. The van der Waals surface area contributed by atoms with Crippen LogP contribution in [0.15, 0.2) is 0 Å². The SMILES string of the molecule is CCCCCN1CCC2(CC1)NC(=O)N(C1CCNCC1)C2=O. The molecular formula is C17H30N4O2. The maximum Gasteiger partial charge on any atom is 0.325 e. The lowest BCUT2D eigenvalue weighted by Crippen LogP contribution is -2.55. The Labute approximate surface area is 139 Å². The number of rotatable bonds is 5. The molecule has 3 amide bonds. The first-order valence-corrected chi connectivity index (χ1v) is 9.25. The molecule has 0 aromatic rings. The van der Waals surface area contributed by atoms with Gasteiger partial charge in [-0.3, -0.25) is 9.69 Å². The Bertz CT molecular complexity index is 440. The van der Waals surface area contributed by atoms with E-state index >= 15 is 0 Å². The molecule has 6 heteroatoms. The van der Waals surface area contributed by atoms with E-state index in [1.54, 1.807) is 0 Å². The molecule has 0 atom stereocenters. The summed E-state index contributed by atoms with van der Waals surface area (Å²) < 4.78 is 0. The molecule has 0 aromatic carbocycles. The van der Waals surface area contributed by atoms with Gasteiger partial charge in [0.15, 0.2) is 0 Å². The van der Waals surface area contributed by atoms with Gasteiger partial charge in [0.1, 0.15) is 5.54 Å². The van der Waals surface area contributed by atoms with Crippen molar-refractivity contribution in [2.24, 2.45) is 0 Å². The fraction of sp³-hybridized carbons (Fsp3) is 0.882. The van der Waals surface area contributed by atoms with E-state index in [-0.39, 0.29) is 18.0 Å². The Kier molecular flexibility index (Phi) is 5.21. The summed E-state index contributed by atoms with van der Waals surface area (Å²) in [5, 5.41) is 6.34. The monoisotopic (exact) mass is 322 g/mol. The lowest BCUT2D eigenvalue weighted by molar-refractivity contribution is -0.134. The van der Waals surface area contributed by atoms with Crippen LogP contribution in [0.5, 0.6) is 0 Å². The van der Waals surface area contributed by atoms with Gasteiger partial charge in [-0.1, -0.05) is 19.8 Å². The number of carbonyl (C=O) groups excluding carboxylic acids is 2. The Morgan fingerprint density at radius 1 is 1.13 bits per heavy atom. The summed E-state index contributed by atoms with van der Waals surface area (Å²) in [4.78, 5) is 29.3. The van der Waals surface area contributed by atoms with Gasteiger partial charge in [0, 0.05) is 19.1 Å². The quantitative estimate of drug-likeness (QED) is 0.592. The van der Waals surface area contributed by atoms with Crippen LogP contribution in [0, 0.1) is 0 Å². The molecule has 0 aliphatic carbocycles. The molecule has 0 aromatic heterocycles. The number of imide groups is 1. The van der Waals surface area contributed by atoms with Crippen LogP contribution < -0.4 is 10.6 Å². The van der Waals surface area contributed by atoms with Gasteiger partial charge >= 0.3 is 6.03 Å². The van der Waals surface area contributed by atoms with Crippen molar-refractivity contribution in [1.82, 2.24) is 20.4 Å². The molecular weight excluding hydrogens is 292 g/mol. The number of unbranched alkanes of at least 4 members (excludes halogenated alkanes) is 2. The highest BCUT2D eigenvalue weighted by Gasteiger charge is 2.53. The zero-order chi connectivity index (χ0) is 16.3. The number of piperidine rings is 2. The fourth-order valence-corrected chi connectivity index (χ4v) is 4.12. The predicted octanol–water partition coefficient (Wildman–Crippen LogP) is 1.32. The average Bonchev–Trinajstić information content (AvgIpc) is 2.81. The van der Waals surface area contributed by atoms with Crippen LogP contribution in [0.4, 0.5) is 4.79 Å². The highest BCUT2D eigenvalue weighted by Crippen LogP contribution is 2.32. The normalized spacial score (nSPS) is 26.0. The van der Waals surface area contributed by atoms with Gasteiger partial charge in [0.05, 0.1) is 0 Å². The van der Waals surface area contributed by atoms with Crippen molar-refractivity contribution in [3.63, 3.8) is 0 Å². The summed E-state index contributed by atoms with van der Waals surface area (Å²) in [5.74, 6) is 0.0302. The minimum atomic E-state index is -0.622. The molecule has 3 heterocycles. The fourth-order valence-electron chi connectivity index (χ4n) is 4.12. The van der Waals surface area contributed by atoms with Crippen molar-refractivity contribution >= 4 is 11.9 Å². The van der Waals surface area contributed by atoms with E-state index in [1.165, 1.54) is 24.2 Å². The minimum Gasteiger partial charge on any atom is -0.323 e. The van der Waals surface area contributed by atoms with E-state index in [1.807, 2.05) is 0 Å². The first-order valence-electron chi connectivity index (χ1n) is 9.25. The molecule has 0 bridgehead atoms. The van der Waals surface area contributed by atoms with Crippen LogP contribution in [-0.2, 0) is 4.79 Å². The molecule has 3 aliphatic rings. The smallest absolute Gasteiger partial charge is 0.323 e. The van der Waals surface area contributed by atoms with E-state index in [4.69, 9.17) is 0 Å². The number of likely N-dealkylation sites (tertiary alicyclic amines) is 1. The van der Waals surface area contributed by atoms with Crippen molar-refractivity contribution in [3.05, 3.63) is 0 Å². The van der Waals surface area contributed by atoms with E-state index in [0.29, 0.717) is 0 Å². The van der Waals surface area contributed by atoms with Gasteiger partial charge in [-0.25, -0.2) is 4.79 Å². The van der Waals surface area contributed by atoms with Gasteiger partial charge in [0.2, 0.25) is 0 Å². The zero-order valence-corrected chi connectivity index (χ0v) is 14.3. The summed E-state index contributed by atoms with van der Waals surface area (Å²) in [5.41, 5.74) is -0.622. The maximum atomic E-state index is 13.0. The molecule has 3 aliphatic heterocycles. The van der Waals surface area contributed by atoms with E-state index in [9.17, 15) is 9.59 Å². The second kappa shape index (κ2) is 7.18. The van der Waals surface area contributed by atoms with Crippen molar-refractivity contribution < 1.29 is 9.59 Å². The number of amides is 3. The third-order valence-electron chi connectivity index (χ3n) is 5.65. The Morgan fingerprint density at radius 3 is 2.48 bits per heavy atom. The van der Waals surface area contributed by atoms with Crippen LogP contribution >= 0.6 is 0 Å². The lowest BCUT2D eigenvalue weighted by atomic mass is 9.87. The number of nitrogens with one attached hydrogen (secondary N) is 2. The molecule has 3 fully saturated rings. The highest BCUT2D eigenvalue weighted by atomic mass is 16.2. The number of carbonyl (C=O) groups is 2. The van der Waals surface area contributed by atoms with Gasteiger partial charge in [-0.2, -0.15) is 0 Å². The summed E-state index contributed by atoms with van der Waals surface area (Å²) in [6.45, 7) is 6.93. The third kappa shape index (κ3) is 3.38. The molecule has 0 unspecified atom stereocenters. The van der Waals surface area contributed by atoms with Gasteiger partial charge < -0.3 is 15.5 Å². The molecule has 23 heavy (non-hydrogen) atoms. The Morgan fingerprint density at radius 2 is 1.83 bits per heavy atom. The molecule has 130 valence electrons. The second-order valence-corrected chi connectivity index (χ2v) is 7.22. The summed E-state index contributed by atoms with van der Waals surface area (Å²) >= 11 is 0. The predicted molar refractivity (Wildman–Crippen MR) is 89.2 cm³/mol. The van der Waals surface area contributed by atoms with Crippen LogP contribution in [-0.4, -0.2) is 66.0 Å². The first kappa shape index (κ1) is 16.7. The maximum absolute atomic E-state index is 13.0. The number of hydrogen-bond acceptors (Lipinski definition) is 4. The second-order valence-electron chi connectivity index (χ2n) is 7.22. The molecule has 3 saturated heterocycles. The Hall–Kier alpha value is -1.14. The van der Waals surface area contributed by atoms with Crippen LogP contribution in [0.1, 0.15) is 51.9 Å². The first-order chi connectivity index (χ1) is 11.2. The third-order valence-corrected chi connectivity index (χ3v) is 5.65. The van der Waals surface area contributed by atoms with Crippen LogP contribution in [0.3, 0.4) is 0 Å². The topological polar surface area (TPSA) is 64.7 Å². The molecule has 6 nitrogen and oxygen atoms in total. The van der Waals surface area contributed by atoms with Gasteiger partial charge in [0.25, 0.3) is 5.91 Å². The van der Waals surface area contributed by atoms with Gasteiger partial charge in [-0.15, -0.1) is 0 Å². The standard InChI is InChI=1S/C17H30N4O2/c1-2-3-4-11-20-12-7-17(8-13-20)15(22)21(16(23)19-17)14-5-9-18-10-6-14/h14,18H,2-13H2,1H3,(H,19,23). The van der Waals surface area contributed by atoms with Crippen molar-refractivity contribution in [2.75, 3.05) is 32.7 Å². The largest absolute Gasteiger partial charge is 0.325 e. The average molecular weight is 322 g/mol. The van der Waals surface area contributed by atoms with Crippen molar-refractivity contribution in [3.8, 4) is 0 Å². The summed E-state index contributed by atoms with van der Waals surface area (Å²) in [6, 6.07) is -0.0907. The zero-order valence-electron chi connectivity index (χ0n) is 14.3. The molecule has 2 N–H and O–H groups in total. The van der Waals surface area contributed by atoms with Crippen molar-refractivity contribution in [1.29, 1.82) is 0 Å². The number of nitrogens with zero attached hydrogens (tertiary/aromatic N) is 2. The van der Waals surface area contributed by atoms with Crippen molar-refractivity contribution in [2.45, 2.75) is 63.5 Å². The lowest BCUT2D eigenvalue weighted by Gasteiger charge is -2.38. The summed E-state index contributed by atoms with van der Waals surface area (Å²) in [7, 11) is 0. The van der Waals surface area contributed by atoms with E-state index < -0.39 is 5.54 Å². The van der Waals surface area contributed by atoms with E-state index in [2.05, 4.69) is 22.5 Å². The van der Waals surface area contributed by atoms with Gasteiger partial charge in [-0.05, 0) is 51.7 Å². The number of hydrogen-bond donors (Lipinski definition) is 2. The molecule has 3 rings (SSSR count). The van der Waals surface area contributed by atoms with Crippen LogP contribution in [0.25, 0.3) is 0 Å². The molecule has 0 saturated carbocycles. The number of urea groups is 1. The van der Waals surface area contributed by atoms with Crippen LogP contribution in [0.2, 0.25) is 0 Å². The molecule has 0 radical (unpaired) electrons. The minimum absolute atomic E-state index is 0.0302. The highest BCUT2D eigenvalue weighted by molar-refractivity contribution is 6.07. The molecule has 1 spiro atoms. The Balaban J connectivity index is 1.58. The van der Waals surface area contributed by atoms with E-state index in [0.717, 1.165) is 58.4 Å².